The van der Waals surface area contributed by atoms with Crippen LogP contribution in [0.2, 0.25) is 0 Å². The fourth-order valence-electron chi connectivity index (χ4n) is 2.51. The van der Waals surface area contributed by atoms with E-state index in [9.17, 15) is 0 Å². The fraction of sp³-hybridized carbons (Fsp3) is 0.0714. The average Bonchev–Trinajstić information content (AvgIpc) is 2.96. The van der Waals surface area contributed by atoms with E-state index in [1.165, 1.54) is 26.9 Å². The lowest BCUT2D eigenvalue weighted by molar-refractivity contribution is 1.24. The summed E-state index contributed by atoms with van der Waals surface area (Å²) in [5.74, 6) is 0. The molecule has 76 valence electrons. The lowest BCUT2D eigenvalue weighted by atomic mass is 10.1. The van der Waals surface area contributed by atoms with Gasteiger partial charge in [-0.15, -0.1) is 0 Å². The van der Waals surface area contributed by atoms with Gasteiger partial charge in [0.25, 0.3) is 0 Å². The maximum absolute atomic E-state index is 4.58. The summed E-state index contributed by atoms with van der Waals surface area (Å²) in [6.45, 7) is 0.811. The number of fused-ring (bicyclic) bond motifs is 5. The lowest BCUT2D eigenvalue weighted by Crippen LogP contribution is -2.21. The van der Waals surface area contributed by atoms with Crippen LogP contribution >= 0.6 is 0 Å². The zero-order valence-corrected chi connectivity index (χ0v) is 8.70. The van der Waals surface area contributed by atoms with Crippen LogP contribution in [0.4, 0.5) is 0 Å². The van der Waals surface area contributed by atoms with E-state index in [1.807, 2.05) is 6.20 Å². The molecular formula is C14H10N2. The Hall–Kier alpha value is -2.09. The van der Waals surface area contributed by atoms with Gasteiger partial charge in [0.1, 0.15) is 0 Å². The van der Waals surface area contributed by atoms with Gasteiger partial charge in [0.15, 0.2) is 0 Å². The Kier molecular flexibility index (Phi) is 1.38. The third-order valence-electron chi connectivity index (χ3n) is 3.27. The molecule has 1 N–H and O–H groups in total. The summed E-state index contributed by atoms with van der Waals surface area (Å²) in [6.07, 6.45) is 4.17. The maximum Gasteiger partial charge on any atom is 0.0747 e. The second kappa shape index (κ2) is 2.73. The Morgan fingerprint density at radius 1 is 1.00 bits per heavy atom. The third-order valence-corrected chi connectivity index (χ3v) is 3.27. The number of hydrogen-bond acceptors (Lipinski definition) is 1. The van der Waals surface area contributed by atoms with Crippen LogP contribution in [0.15, 0.2) is 41.5 Å². The van der Waals surface area contributed by atoms with Crippen LogP contribution in [0.25, 0.3) is 27.8 Å². The van der Waals surface area contributed by atoms with E-state index in [1.54, 1.807) is 0 Å². The summed E-state index contributed by atoms with van der Waals surface area (Å²) in [5.41, 5.74) is 1.20. The van der Waals surface area contributed by atoms with Crippen LogP contribution in [-0.4, -0.2) is 11.5 Å². The van der Waals surface area contributed by atoms with Crippen molar-refractivity contribution in [3.05, 3.63) is 47.1 Å². The van der Waals surface area contributed by atoms with E-state index in [0.29, 0.717) is 0 Å². The molecule has 4 rings (SSSR count). The molecule has 1 aliphatic rings. The molecule has 3 aromatic rings. The average molecular weight is 206 g/mol. The molecule has 0 unspecified atom stereocenters. The number of benzene rings is 2. The Labute approximate surface area is 91.9 Å². The Bertz CT molecular complexity index is 825. The van der Waals surface area contributed by atoms with Crippen LogP contribution in [0.5, 0.6) is 0 Å². The van der Waals surface area contributed by atoms with Crippen molar-refractivity contribution in [1.82, 2.24) is 4.98 Å². The normalized spacial score (nSPS) is 13.8. The van der Waals surface area contributed by atoms with Crippen LogP contribution in [-0.2, 0) is 0 Å². The highest BCUT2D eigenvalue weighted by molar-refractivity contribution is 6.05. The number of aromatic nitrogens is 1. The highest BCUT2D eigenvalue weighted by Gasteiger charge is 2.06. The van der Waals surface area contributed by atoms with Gasteiger partial charge in [-0.25, -0.2) is 0 Å². The van der Waals surface area contributed by atoms with Gasteiger partial charge in [0.2, 0.25) is 0 Å². The highest BCUT2D eigenvalue weighted by Crippen LogP contribution is 2.20. The van der Waals surface area contributed by atoms with Gasteiger partial charge in [-0.3, -0.25) is 4.99 Å². The molecule has 0 fully saturated rings. The zero-order valence-electron chi connectivity index (χ0n) is 8.70. The second-order valence-corrected chi connectivity index (χ2v) is 4.15. The number of H-pyrrole nitrogens is 1. The molecule has 16 heavy (non-hydrogen) atoms. The minimum absolute atomic E-state index is 0.811. The van der Waals surface area contributed by atoms with E-state index in [0.717, 1.165) is 11.9 Å². The SMILES string of the molecule is C1=c2ccc3ccc4cc[nH]c4c3c2=NC1. The first-order valence-corrected chi connectivity index (χ1v) is 5.47. The molecule has 0 radical (unpaired) electrons. The first-order valence-electron chi connectivity index (χ1n) is 5.47. The number of rotatable bonds is 0. The minimum Gasteiger partial charge on any atom is -0.361 e. The summed E-state index contributed by atoms with van der Waals surface area (Å²) in [7, 11) is 0. The molecular weight excluding hydrogens is 196 g/mol. The van der Waals surface area contributed by atoms with Gasteiger partial charge < -0.3 is 4.98 Å². The summed E-state index contributed by atoms with van der Waals surface area (Å²) in [4.78, 5) is 7.90. The summed E-state index contributed by atoms with van der Waals surface area (Å²) in [5, 5.41) is 6.17. The van der Waals surface area contributed by atoms with Gasteiger partial charge in [-0.05, 0) is 16.7 Å². The summed E-state index contributed by atoms with van der Waals surface area (Å²) < 4.78 is 0. The van der Waals surface area contributed by atoms with Crippen LogP contribution in [0.3, 0.4) is 0 Å². The standard InChI is InChI=1S/C14H10N2/c1-3-10-5-7-15-13(10)12-9(1)2-4-11-6-8-16-14(11)12/h1-7,15H,8H2. The molecule has 2 aromatic carbocycles. The smallest absolute Gasteiger partial charge is 0.0747 e. The van der Waals surface area contributed by atoms with E-state index >= 15 is 0 Å². The summed E-state index contributed by atoms with van der Waals surface area (Å²) >= 11 is 0. The van der Waals surface area contributed by atoms with Crippen LogP contribution in [0.1, 0.15) is 0 Å². The quantitative estimate of drug-likeness (QED) is 0.580. The molecule has 2 heterocycles. The van der Waals surface area contributed by atoms with Crippen molar-refractivity contribution in [3.63, 3.8) is 0 Å². The number of nitrogens with one attached hydrogen (secondary N) is 1. The second-order valence-electron chi connectivity index (χ2n) is 4.15. The van der Waals surface area contributed by atoms with E-state index in [2.05, 4.69) is 46.4 Å². The van der Waals surface area contributed by atoms with Crippen LogP contribution < -0.4 is 10.6 Å². The molecule has 2 nitrogen and oxygen atoms in total. The van der Waals surface area contributed by atoms with Crippen molar-refractivity contribution in [2.75, 3.05) is 6.54 Å². The van der Waals surface area contributed by atoms with Crippen molar-refractivity contribution in [2.24, 2.45) is 4.99 Å². The summed E-state index contributed by atoms with van der Waals surface area (Å²) in [6, 6.07) is 10.8. The van der Waals surface area contributed by atoms with E-state index in [-0.39, 0.29) is 0 Å². The van der Waals surface area contributed by atoms with Crippen molar-refractivity contribution >= 4 is 27.8 Å². The van der Waals surface area contributed by atoms with Crippen molar-refractivity contribution in [1.29, 1.82) is 0 Å². The number of nitrogens with zero attached hydrogens (tertiary/aromatic N) is 1. The Morgan fingerprint density at radius 3 is 2.88 bits per heavy atom. The highest BCUT2D eigenvalue weighted by atomic mass is 14.7. The molecule has 0 saturated heterocycles. The fourth-order valence-corrected chi connectivity index (χ4v) is 2.51. The van der Waals surface area contributed by atoms with Gasteiger partial charge in [0.05, 0.1) is 17.4 Å². The zero-order chi connectivity index (χ0) is 10.5. The first kappa shape index (κ1) is 8.11. The van der Waals surface area contributed by atoms with Gasteiger partial charge in [-0.2, -0.15) is 0 Å². The van der Waals surface area contributed by atoms with Crippen molar-refractivity contribution in [2.45, 2.75) is 0 Å². The molecule has 0 aliphatic carbocycles. The molecule has 0 atom stereocenters. The van der Waals surface area contributed by atoms with Gasteiger partial charge >= 0.3 is 0 Å². The number of aromatic amines is 1. The van der Waals surface area contributed by atoms with Crippen LogP contribution in [0, 0.1) is 0 Å². The number of hydrogen-bond donors (Lipinski definition) is 1. The van der Waals surface area contributed by atoms with Gasteiger partial charge in [0, 0.05) is 17.0 Å². The minimum atomic E-state index is 0.811. The van der Waals surface area contributed by atoms with E-state index in [4.69, 9.17) is 0 Å². The molecule has 0 spiro atoms. The lowest BCUT2D eigenvalue weighted by Gasteiger charge is -1.99. The molecule has 0 amide bonds. The van der Waals surface area contributed by atoms with Gasteiger partial charge in [-0.1, -0.05) is 30.3 Å². The molecule has 2 heteroatoms. The maximum atomic E-state index is 4.58. The Morgan fingerprint density at radius 2 is 1.88 bits per heavy atom. The van der Waals surface area contributed by atoms with Crippen molar-refractivity contribution in [3.8, 4) is 0 Å². The monoisotopic (exact) mass is 206 g/mol. The third kappa shape index (κ3) is 0.890. The van der Waals surface area contributed by atoms with E-state index < -0.39 is 0 Å². The Balaban J connectivity index is 2.46. The molecule has 1 aliphatic heterocycles. The molecule has 0 saturated carbocycles. The predicted molar refractivity (Wildman–Crippen MR) is 65.9 cm³/mol. The molecule has 1 aromatic heterocycles. The largest absolute Gasteiger partial charge is 0.361 e. The predicted octanol–water partition coefficient (Wildman–Crippen LogP) is 1.73. The first-order chi connectivity index (χ1) is 7.93. The molecule has 0 bridgehead atoms. The van der Waals surface area contributed by atoms with Crippen molar-refractivity contribution < 1.29 is 0 Å². The topological polar surface area (TPSA) is 28.1 Å².